The molecular weight excluding hydrogens is 266 g/mol. The Bertz CT molecular complexity index is 371. The normalized spacial score (nSPS) is 25.9. The average molecular weight is 284 g/mol. The Hall–Kier alpha value is -0.610. The summed E-state index contributed by atoms with van der Waals surface area (Å²) in [6, 6.07) is 4.39. The Morgan fingerprint density at radius 3 is 2.81 bits per heavy atom. The molecule has 16 heavy (non-hydrogen) atoms. The molecule has 0 amide bonds. The molecule has 1 fully saturated rings. The van der Waals surface area contributed by atoms with Crippen molar-refractivity contribution >= 4 is 21.7 Å². The van der Waals surface area contributed by atoms with Crippen molar-refractivity contribution in [3.05, 3.63) is 22.3 Å². The van der Waals surface area contributed by atoms with Gasteiger partial charge in [0.2, 0.25) is 0 Å². The molecule has 1 aromatic rings. The molecule has 4 heteroatoms. The van der Waals surface area contributed by atoms with Crippen LogP contribution in [-0.2, 0) is 0 Å². The molecule has 2 N–H and O–H groups in total. The molecule has 88 valence electrons. The summed E-state index contributed by atoms with van der Waals surface area (Å²) in [6.07, 6.45) is 1.12. The first-order valence-corrected chi connectivity index (χ1v) is 6.49. The van der Waals surface area contributed by atoms with Crippen LogP contribution in [-0.4, -0.2) is 24.1 Å². The number of aromatic nitrogens is 1. The van der Waals surface area contributed by atoms with Gasteiger partial charge in [0.15, 0.2) is 0 Å². The number of nitrogens with zero attached hydrogens (tertiary/aromatic N) is 2. The molecule has 2 atom stereocenters. The van der Waals surface area contributed by atoms with Gasteiger partial charge in [0.25, 0.3) is 0 Å². The van der Waals surface area contributed by atoms with Gasteiger partial charge in [-0.05, 0) is 47.3 Å². The third kappa shape index (κ3) is 2.55. The van der Waals surface area contributed by atoms with E-state index >= 15 is 0 Å². The molecule has 0 bridgehead atoms. The van der Waals surface area contributed by atoms with Gasteiger partial charge in [0.05, 0.1) is 5.69 Å². The number of aryl methyl sites for hydroxylation is 1. The fourth-order valence-electron chi connectivity index (χ4n) is 2.29. The van der Waals surface area contributed by atoms with E-state index in [1.807, 2.05) is 6.92 Å². The maximum Gasteiger partial charge on any atom is 0.128 e. The van der Waals surface area contributed by atoms with Crippen molar-refractivity contribution in [3.63, 3.8) is 0 Å². The Kier molecular flexibility index (Phi) is 3.50. The fourth-order valence-corrected chi connectivity index (χ4v) is 2.51. The number of hydrogen-bond acceptors (Lipinski definition) is 3. The quantitative estimate of drug-likeness (QED) is 0.860. The van der Waals surface area contributed by atoms with Gasteiger partial charge in [-0.3, -0.25) is 0 Å². The van der Waals surface area contributed by atoms with E-state index in [0.717, 1.165) is 35.5 Å². The summed E-state index contributed by atoms with van der Waals surface area (Å²) < 4.78 is 1.06. The maximum absolute atomic E-state index is 6.04. The minimum absolute atomic E-state index is 0.273. The van der Waals surface area contributed by atoms with Crippen LogP contribution in [0.4, 0.5) is 5.82 Å². The van der Waals surface area contributed by atoms with Crippen LogP contribution in [0.1, 0.15) is 19.0 Å². The van der Waals surface area contributed by atoms with Crippen molar-refractivity contribution in [1.29, 1.82) is 0 Å². The molecule has 0 spiro atoms. The summed E-state index contributed by atoms with van der Waals surface area (Å²) in [4.78, 5) is 6.88. The summed E-state index contributed by atoms with van der Waals surface area (Å²) in [7, 11) is 0. The number of halogens is 1. The highest BCUT2D eigenvalue weighted by atomic mass is 79.9. The SMILES string of the molecule is Cc1nc(N2CC(C)CC(N)C2)ccc1Br. The van der Waals surface area contributed by atoms with E-state index in [2.05, 4.69) is 44.9 Å². The van der Waals surface area contributed by atoms with Crippen LogP contribution in [0.5, 0.6) is 0 Å². The van der Waals surface area contributed by atoms with Crippen molar-refractivity contribution in [2.45, 2.75) is 26.3 Å². The molecule has 2 heterocycles. The van der Waals surface area contributed by atoms with Crippen molar-refractivity contribution < 1.29 is 0 Å². The van der Waals surface area contributed by atoms with E-state index in [1.54, 1.807) is 0 Å². The Morgan fingerprint density at radius 2 is 2.19 bits per heavy atom. The molecule has 1 saturated heterocycles. The lowest BCUT2D eigenvalue weighted by Gasteiger charge is -2.35. The van der Waals surface area contributed by atoms with E-state index in [1.165, 1.54) is 0 Å². The first kappa shape index (κ1) is 11.9. The van der Waals surface area contributed by atoms with Gasteiger partial charge in [-0.25, -0.2) is 4.98 Å². The highest BCUT2D eigenvalue weighted by molar-refractivity contribution is 9.10. The molecule has 2 unspecified atom stereocenters. The van der Waals surface area contributed by atoms with Gasteiger partial charge in [-0.2, -0.15) is 0 Å². The third-order valence-corrected chi connectivity index (χ3v) is 3.86. The fraction of sp³-hybridized carbons (Fsp3) is 0.583. The monoisotopic (exact) mass is 283 g/mol. The lowest BCUT2D eigenvalue weighted by molar-refractivity contribution is 0.400. The average Bonchev–Trinajstić information content (AvgIpc) is 2.20. The van der Waals surface area contributed by atoms with Crippen LogP contribution in [0.15, 0.2) is 16.6 Å². The second-order valence-electron chi connectivity index (χ2n) is 4.74. The first-order valence-electron chi connectivity index (χ1n) is 5.70. The van der Waals surface area contributed by atoms with Crippen LogP contribution in [0.25, 0.3) is 0 Å². The minimum Gasteiger partial charge on any atom is -0.355 e. The molecule has 1 aromatic heterocycles. The zero-order valence-corrected chi connectivity index (χ0v) is 11.4. The molecule has 3 nitrogen and oxygen atoms in total. The summed E-state index contributed by atoms with van der Waals surface area (Å²) in [5.41, 5.74) is 7.07. The largest absolute Gasteiger partial charge is 0.355 e. The molecule has 0 aliphatic carbocycles. The topological polar surface area (TPSA) is 42.2 Å². The van der Waals surface area contributed by atoms with Crippen molar-refractivity contribution in [2.24, 2.45) is 11.7 Å². The Balaban J connectivity index is 2.19. The summed E-state index contributed by atoms with van der Waals surface area (Å²) >= 11 is 3.47. The van der Waals surface area contributed by atoms with Crippen LogP contribution in [0.3, 0.4) is 0 Å². The van der Waals surface area contributed by atoms with Crippen molar-refractivity contribution in [3.8, 4) is 0 Å². The zero-order chi connectivity index (χ0) is 11.7. The lowest BCUT2D eigenvalue weighted by atomic mass is 9.96. The minimum atomic E-state index is 0.273. The van der Waals surface area contributed by atoms with Gasteiger partial charge in [0.1, 0.15) is 5.82 Å². The second-order valence-corrected chi connectivity index (χ2v) is 5.60. The van der Waals surface area contributed by atoms with E-state index in [-0.39, 0.29) is 6.04 Å². The number of nitrogens with two attached hydrogens (primary N) is 1. The van der Waals surface area contributed by atoms with Gasteiger partial charge in [-0.1, -0.05) is 6.92 Å². The van der Waals surface area contributed by atoms with Gasteiger partial charge >= 0.3 is 0 Å². The van der Waals surface area contributed by atoms with Gasteiger partial charge < -0.3 is 10.6 Å². The highest BCUT2D eigenvalue weighted by Gasteiger charge is 2.23. The van der Waals surface area contributed by atoms with Crippen molar-refractivity contribution in [1.82, 2.24) is 4.98 Å². The number of piperidine rings is 1. The van der Waals surface area contributed by atoms with Crippen LogP contribution in [0, 0.1) is 12.8 Å². The van der Waals surface area contributed by atoms with Crippen molar-refractivity contribution in [2.75, 3.05) is 18.0 Å². The number of rotatable bonds is 1. The summed E-state index contributed by atoms with van der Waals surface area (Å²) in [5, 5.41) is 0. The Labute approximate surface area is 105 Å². The highest BCUT2D eigenvalue weighted by Crippen LogP contribution is 2.23. The predicted molar refractivity (Wildman–Crippen MR) is 70.6 cm³/mol. The molecule has 1 aliphatic rings. The standard InChI is InChI=1S/C12H18BrN3/c1-8-5-10(14)7-16(6-8)12-4-3-11(13)9(2)15-12/h3-4,8,10H,5-7,14H2,1-2H3. The molecule has 0 radical (unpaired) electrons. The first-order chi connectivity index (χ1) is 7.56. The smallest absolute Gasteiger partial charge is 0.128 e. The van der Waals surface area contributed by atoms with E-state index in [9.17, 15) is 0 Å². The number of anilines is 1. The van der Waals surface area contributed by atoms with Crippen LogP contribution >= 0.6 is 15.9 Å². The summed E-state index contributed by atoms with van der Waals surface area (Å²) in [5.74, 6) is 1.69. The second kappa shape index (κ2) is 4.72. The third-order valence-electron chi connectivity index (χ3n) is 3.02. The molecule has 0 saturated carbocycles. The van der Waals surface area contributed by atoms with E-state index in [4.69, 9.17) is 5.73 Å². The van der Waals surface area contributed by atoms with Crippen LogP contribution < -0.4 is 10.6 Å². The Morgan fingerprint density at radius 1 is 1.44 bits per heavy atom. The molecule has 2 rings (SSSR count). The van der Waals surface area contributed by atoms with E-state index in [0.29, 0.717) is 5.92 Å². The summed E-state index contributed by atoms with van der Waals surface area (Å²) in [6.45, 7) is 6.23. The van der Waals surface area contributed by atoms with Crippen LogP contribution in [0.2, 0.25) is 0 Å². The maximum atomic E-state index is 6.04. The van der Waals surface area contributed by atoms with Gasteiger partial charge in [0, 0.05) is 23.6 Å². The van der Waals surface area contributed by atoms with E-state index < -0.39 is 0 Å². The molecule has 1 aliphatic heterocycles. The lowest BCUT2D eigenvalue weighted by Crippen LogP contribution is -2.46. The zero-order valence-electron chi connectivity index (χ0n) is 9.78. The number of hydrogen-bond donors (Lipinski definition) is 1. The van der Waals surface area contributed by atoms with Gasteiger partial charge in [-0.15, -0.1) is 0 Å². The molecule has 0 aromatic carbocycles. The number of pyridine rings is 1. The molecular formula is C12H18BrN3. The predicted octanol–water partition coefficient (Wildman–Crippen LogP) is 2.33.